The van der Waals surface area contributed by atoms with Crippen LogP contribution in [0.15, 0.2) is 60.7 Å². The molecule has 0 radical (unpaired) electrons. The normalized spacial score (nSPS) is 12.1. The van der Waals surface area contributed by atoms with Gasteiger partial charge < -0.3 is 13.6 Å². The summed E-state index contributed by atoms with van der Waals surface area (Å²) in [6, 6.07) is 15.7. The average Bonchev–Trinajstić information content (AvgIpc) is 2.65. The molecule has 0 N–H and O–H groups in total. The van der Waals surface area contributed by atoms with Crippen LogP contribution in [-0.4, -0.2) is 25.8 Å². The highest BCUT2D eigenvalue weighted by atomic mass is 16.5. The fourth-order valence-corrected chi connectivity index (χ4v) is 1.95. The van der Waals surface area contributed by atoms with Crippen LogP contribution in [0.3, 0.4) is 0 Å². The maximum Gasteiger partial charge on any atom is 0.236 e. The third kappa shape index (κ3) is 7.00. The highest BCUT2D eigenvalue weighted by molar-refractivity contribution is 5.75. The van der Waals surface area contributed by atoms with Crippen molar-refractivity contribution in [1.29, 1.82) is 0 Å². The summed E-state index contributed by atoms with van der Waals surface area (Å²) in [4.78, 5) is 0. The minimum absolute atomic E-state index is 0.620. The molecular weight excluding hydrogens is 312 g/mol. The molecule has 2 aromatic rings. The van der Waals surface area contributed by atoms with Crippen LogP contribution in [-0.2, 0) is 8.85 Å². The summed E-state index contributed by atoms with van der Waals surface area (Å²) in [5, 5.41) is 0. The van der Waals surface area contributed by atoms with Crippen LogP contribution in [0.4, 0.5) is 0 Å². The molecule has 3 nitrogen and oxygen atoms in total. The Morgan fingerprint density at radius 2 is 1.12 bits per heavy atom. The summed E-state index contributed by atoms with van der Waals surface area (Å²) in [5.74, 6) is 1.58. The second-order valence-corrected chi connectivity index (χ2v) is 5.01. The van der Waals surface area contributed by atoms with Gasteiger partial charge in [0.25, 0.3) is 0 Å². The van der Waals surface area contributed by atoms with Crippen molar-refractivity contribution in [3.05, 3.63) is 71.8 Å². The summed E-state index contributed by atoms with van der Waals surface area (Å²) in [6.07, 6.45) is 12.8. The molecule has 0 unspecified atom stereocenters. The molecule has 0 aliphatic carbocycles. The van der Waals surface area contributed by atoms with Crippen molar-refractivity contribution in [3.8, 4) is 11.5 Å². The lowest BCUT2D eigenvalue weighted by Gasteiger charge is -2.07. The van der Waals surface area contributed by atoms with E-state index in [0.29, 0.717) is 13.2 Å². The van der Waals surface area contributed by atoms with Crippen LogP contribution in [0.5, 0.6) is 11.5 Å². The third-order valence-electron chi connectivity index (χ3n) is 3.14. The van der Waals surface area contributed by atoms with Crippen molar-refractivity contribution in [1.82, 2.24) is 0 Å². The maximum atomic E-state index is 5.85. The van der Waals surface area contributed by atoms with E-state index >= 15 is 0 Å². The minimum atomic E-state index is 0.620. The van der Waals surface area contributed by atoms with Gasteiger partial charge >= 0.3 is 0 Å². The van der Waals surface area contributed by atoms with E-state index in [0.717, 1.165) is 22.6 Å². The summed E-state index contributed by atoms with van der Waals surface area (Å²) in [5.41, 5.74) is 2.11. The first-order valence-electron chi connectivity index (χ1n) is 8.27. The molecule has 0 saturated carbocycles. The summed E-state index contributed by atoms with van der Waals surface area (Å²) in [7, 11) is 0. The quantitative estimate of drug-likeness (QED) is 0.386. The highest BCUT2D eigenvalue weighted by Crippen LogP contribution is 2.22. The van der Waals surface area contributed by atoms with Gasteiger partial charge in [-0.05, 0) is 24.3 Å². The molecule has 0 fully saturated rings. The predicted molar refractivity (Wildman–Crippen MR) is 103 cm³/mol. The molecule has 3 heteroatoms. The van der Waals surface area contributed by atoms with Crippen LogP contribution in [0.25, 0.3) is 12.2 Å². The van der Waals surface area contributed by atoms with Gasteiger partial charge in [-0.25, -0.2) is 0 Å². The fourth-order valence-electron chi connectivity index (χ4n) is 1.95. The molecule has 0 heterocycles. The molecule has 2 aromatic carbocycles. The molecule has 0 aliphatic heterocycles. The van der Waals surface area contributed by atoms with Gasteiger partial charge in [0, 0.05) is 13.8 Å². The number of benzene rings is 2. The summed E-state index contributed by atoms with van der Waals surface area (Å²) >= 11 is 0. The molecule has 0 atom stereocenters. The maximum absolute atomic E-state index is 5.85. The summed E-state index contributed by atoms with van der Waals surface area (Å²) < 4.78 is 15.9. The van der Waals surface area contributed by atoms with Crippen molar-refractivity contribution in [2.24, 2.45) is 0 Å². The Morgan fingerprint density at radius 3 is 1.48 bits per heavy atom. The van der Waals surface area contributed by atoms with Crippen LogP contribution in [0.1, 0.15) is 25.0 Å². The number of hydrogen-bond donors (Lipinski definition) is 0. The number of rotatable bonds is 8. The smallest absolute Gasteiger partial charge is 0.236 e. The van der Waals surface area contributed by atoms with E-state index < -0.39 is 0 Å². The molecular formula is C22H22O3. The second kappa shape index (κ2) is 10.8. The molecule has 0 bridgehead atoms. The van der Waals surface area contributed by atoms with Gasteiger partial charge in [-0.2, -0.15) is 12.2 Å². The lowest BCUT2D eigenvalue weighted by molar-refractivity contribution is 0.124. The lowest BCUT2D eigenvalue weighted by atomic mass is 10.2. The monoisotopic (exact) mass is 334 g/mol. The van der Waals surface area contributed by atoms with Gasteiger partial charge in [-0.15, -0.1) is 23.3 Å². The van der Waals surface area contributed by atoms with Crippen molar-refractivity contribution in [3.63, 3.8) is 0 Å². The molecule has 128 valence electrons. The van der Waals surface area contributed by atoms with Gasteiger partial charge in [-0.1, -0.05) is 24.3 Å². The predicted octanol–water partition coefficient (Wildman–Crippen LogP) is 4.84. The SMILES string of the molecule is CC[O+]=[C-]/C=C/c1ccc(Oc2ccc(/C=C/[C-]=[O+]CC)cc2)cc1. The van der Waals surface area contributed by atoms with Crippen LogP contribution >= 0.6 is 0 Å². The number of carbonyl (C=O) groups excluding carboxylic acids is 2. The Morgan fingerprint density at radius 1 is 0.720 bits per heavy atom. The topological polar surface area (TPSA) is 31.8 Å². The Labute approximate surface area is 149 Å². The van der Waals surface area contributed by atoms with E-state index in [9.17, 15) is 0 Å². The molecule has 0 amide bonds. The Bertz CT molecular complexity index is 670. The van der Waals surface area contributed by atoms with Crippen molar-refractivity contribution in [2.45, 2.75) is 13.8 Å². The van der Waals surface area contributed by atoms with Crippen molar-refractivity contribution >= 4 is 24.7 Å². The highest BCUT2D eigenvalue weighted by Gasteiger charge is 1.95. The zero-order valence-electron chi connectivity index (χ0n) is 14.6. The largest absolute Gasteiger partial charge is 0.457 e. The molecule has 0 aliphatic rings. The first-order valence-corrected chi connectivity index (χ1v) is 8.27. The van der Waals surface area contributed by atoms with Gasteiger partial charge in [-0.3, -0.25) is 0 Å². The van der Waals surface area contributed by atoms with E-state index in [1.165, 1.54) is 0 Å². The molecule has 0 saturated heterocycles. The van der Waals surface area contributed by atoms with Gasteiger partial charge in [0.15, 0.2) is 0 Å². The number of ether oxygens (including phenoxy) is 1. The average molecular weight is 334 g/mol. The van der Waals surface area contributed by atoms with Gasteiger partial charge in [0.05, 0.1) is 0 Å². The second-order valence-electron chi connectivity index (χ2n) is 5.01. The van der Waals surface area contributed by atoms with Gasteiger partial charge in [0.2, 0.25) is 25.8 Å². The molecule has 0 spiro atoms. The molecule has 0 aromatic heterocycles. The number of allylic oxidation sites excluding steroid dienone is 2. The molecule has 2 rings (SSSR count). The first-order chi connectivity index (χ1) is 12.3. The summed E-state index contributed by atoms with van der Waals surface area (Å²) in [6.45, 7) is 5.09. The Hall–Kier alpha value is -2.94. The standard InChI is InChI=1S/C22H22O3/c1-3-23-17-5-7-19-9-13-21(14-10-19)25-22-15-11-20(12-16-22)8-6-18-24-4-2/h5-16H,3-4H2,1-2H3/b7-5+,8-6+. The van der Waals surface area contributed by atoms with E-state index in [4.69, 9.17) is 13.6 Å². The van der Waals surface area contributed by atoms with Crippen LogP contribution in [0.2, 0.25) is 0 Å². The van der Waals surface area contributed by atoms with Crippen molar-refractivity contribution in [2.75, 3.05) is 13.2 Å². The fraction of sp³-hybridized carbons (Fsp3) is 0.182. The van der Waals surface area contributed by atoms with Crippen LogP contribution < -0.4 is 4.74 Å². The van der Waals surface area contributed by atoms with E-state index in [2.05, 4.69) is 12.6 Å². The van der Waals surface area contributed by atoms with Gasteiger partial charge in [0.1, 0.15) is 11.5 Å². The lowest BCUT2D eigenvalue weighted by Crippen LogP contribution is -1.84. The van der Waals surface area contributed by atoms with E-state index in [1.54, 1.807) is 12.2 Å². The molecule has 25 heavy (non-hydrogen) atoms. The zero-order valence-corrected chi connectivity index (χ0v) is 14.6. The third-order valence-corrected chi connectivity index (χ3v) is 3.14. The minimum Gasteiger partial charge on any atom is -0.457 e. The van der Waals surface area contributed by atoms with Crippen molar-refractivity contribution < 1.29 is 13.6 Å². The zero-order chi connectivity index (χ0) is 17.7. The first kappa shape index (κ1) is 18.4. The van der Waals surface area contributed by atoms with E-state index in [-0.39, 0.29) is 0 Å². The van der Waals surface area contributed by atoms with Crippen LogP contribution in [0, 0.1) is 0 Å². The number of hydrogen-bond acceptors (Lipinski definition) is 1. The Balaban J connectivity index is 1.93. The Kier molecular flexibility index (Phi) is 7.92. The van der Waals surface area contributed by atoms with E-state index in [1.807, 2.05) is 74.5 Å².